The van der Waals surface area contributed by atoms with E-state index >= 15 is 0 Å². The zero-order valence-electron chi connectivity index (χ0n) is 9.41. The zero-order valence-corrected chi connectivity index (χ0v) is 11.0. The van der Waals surface area contributed by atoms with Crippen molar-refractivity contribution in [1.29, 1.82) is 0 Å². The van der Waals surface area contributed by atoms with Crippen molar-refractivity contribution in [3.05, 3.63) is 34.3 Å². The van der Waals surface area contributed by atoms with E-state index in [1.165, 1.54) is 0 Å². The van der Waals surface area contributed by atoms with Gasteiger partial charge in [-0.15, -0.1) is 0 Å². The van der Waals surface area contributed by atoms with Crippen LogP contribution in [-0.2, 0) is 16.1 Å². The molecule has 1 saturated heterocycles. The second-order valence-electron chi connectivity index (χ2n) is 4.29. The number of amides is 1. The zero-order chi connectivity index (χ0) is 12.3. The van der Waals surface area contributed by atoms with Crippen LogP contribution in [0, 0.1) is 5.41 Å². The summed E-state index contributed by atoms with van der Waals surface area (Å²) in [7, 11) is 0. The summed E-state index contributed by atoms with van der Waals surface area (Å²) < 4.78 is 6.10. The Morgan fingerprint density at radius 2 is 2.06 bits per heavy atom. The number of carbonyl (C=O) groups is 1. The topological polar surface area (TPSA) is 64.4 Å². The average Bonchev–Trinajstić information content (AvgIpc) is 2.27. The average molecular weight is 299 g/mol. The summed E-state index contributed by atoms with van der Waals surface area (Å²) in [5.41, 5.74) is 6.17. The summed E-state index contributed by atoms with van der Waals surface area (Å²) in [6, 6.07) is 7.84. The van der Waals surface area contributed by atoms with E-state index in [0.717, 1.165) is 10.0 Å². The molecule has 3 N–H and O–H groups in total. The van der Waals surface area contributed by atoms with E-state index in [-0.39, 0.29) is 5.91 Å². The van der Waals surface area contributed by atoms with Crippen LogP contribution in [0.4, 0.5) is 0 Å². The Morgan fingerprint density at radius 3 is 2.53 bits per heavy atom. The van der Waals surface area contributed by atoms with Gasteiger partial charge in [0.1, 0.15) is 5.41 Å². The molecule has 1 aliphatic rings. The van der Waals surface area contributed by atoms with Gasteiger partial charge in [-0.2, -0.15) is 0 Å². The second-order valence-corrected chi connectivity index (χ2v) is 5.20. The van der Waals surface area contributed by atoms with Gasteiger partial charge in [0.05, 0.1) is 13.2 Å². The van der Waals surface area contributed by atoms with Crippen LogP contribution in [0.1, 0.15) is 5.56 Å². The van der Waals surface area contributed by atoms with Gasteiger partial charge in [-0.25, -0.2) is 0 Å². The van der Waals surface area contributed by atoms with Crippen molar-refractivity contribution in [2.24, 2.45) is 11.1 Å². The largest absolute Gasteiger partial charge is 0.379 e. The highest BCUT2D eigenvalue weighted by atomic mass is 79.9. The predicted molar refractivity (Wildman–Crippen MR) is 68.3 cm³/mol. The molecule has 4 nitrogen and oxygen atoms in total. The van der Waals surface area contributed by atoms with E-state index in [9.17, 15) is 4.79 Å². The molecule has 0 saturated carbocycles. The first-order valence-corrected chi connectivity index (χ1v) is 6.26. The van der Waals surface area contributed by atoms with Gasteiger partial charge in [0.25, 0.3) is 0 Å². The molecule has 0 unspecified atom stereocenters. The maximum absolute atomic E-state index is 11.9. The maximum atomic E-state index is 11.9. The highest BCUT2D eigenvalue weighted by Crippen LogP contribution is 2.26. The molecule has 1 aromatic rings. The van der Waals surface area contributed by atoms with Crippen LogP contribution >= 0.6 is 15.9 Å². The highest BCUT2D eigenvalue weighted by Gasteiger charge is 2.44. The van der Waals surface area contributed by atoms with Gasteiger partial charge in [0, 0.05) is 17.6 Å². The normalized spacial score (nSPS) is 17.3. The Kier molecular flexibility index (Phi) is 3.81. The summed E-state index contributed by atoms with van der Waals surface area (Å²) in [5, 5.41) is 2.90. The van der Waals surface area contributed by atoms with Crippen LogP contribution in [0.15, 0.2) is 28.7 Å². The number of nitrogens with two attached hydrogens (primary N) is 1. The Hall–Kier alpha value is -0.910. The van der Waals surface area contributed by atoms with Crippen LogP contribution in [0.2, 0.25) is 0 Å². The lowest BCUT2D eigenvalue weighted by Crippen LogP contribution is -2.58. The minimum Gasteiger partial charge on any atom is -0.379 e. The van der Waals surface area contributed by atoms with Crippen molar-refractivity contribution in [3.8, 4) is 0 Å². The van der Waals surface area contributed by atoms with E-state index in [1.54, 1.807) is 0 Å². The van der Waals surface area contributed by atoms with Gasteiger partial charge in [0.2, 0.25) is 5.91 Å². The van der Waals surface area contributed by atoms with Crippen molar-refractivity contribution in [3.63, 3.8) is 0 Å². The first-order chi connectivity index (χ1) is 8.16. The minimum absolute atomic E-state index is 0.0193. The van der Waals surface area contributed by atoms with Gasteiger partial charge in [0.15, 0.2) is 0 Å². The number of hydrogen-bond acceptors (Lipinski definition) is 3. The fraction of sp³-hybridized carbons (Fsp3) is 0.417. The molecule has 0 aromatic heterocycles. The summed E-state index contributed by atoms with van der Waals surface area (Å²) >= 11 is 3.37. The number of carbonyl (C=O) groups excluding carboxylic acids is 1. The fourth-order valence-electron chi connectivity index (χ4n) is 1.66. The molecule has 17 heavy (non-hydrogen) atoms. The Labute approximate surface area is 109 Å². The molecule has 1 aliphatic heterocycles. The summed E-state index contributed by atoms with van der Waals surface area (Å²) in [4.78, 5) is 11.9. The lowest BCUT2D eigenvalue weighted by atomic mass is 9.85. The van der Waals surface area contributed by atoms with Gasteiger partial charge >= 0.3 is 0 Å². The third-order valence-corrected chi connectivity index (χ3v) is 3.52. The molecule has 1 aromatic carbocycles. The summed E-state index contributed by atoms with van der Waals surface area (Å²) in [6.45, 7) is 1.71. The number of hydrogen-bond donors (Lipinski definition) is 2. The smallest absolute Gasteiger partial charge is 0.232 e. The fourth-order valence-corrected chi connectivity index (χ4v) is 1.93. The molecule has 2 rings (SSSR count). The molecule has 92 valence electrons. The maximum Gasteiger partial charge on any atom is 0.232 e. The third-order valence-electron chi connectivity index (χ3n) is 3.00. The van der Waals surface area contributed by atoms with Gasteiger partial charge in [-0.1, -0.05) is 28.1 Å². The van der Waals surface area contributed by atoms with E-state index in [1.807, 2.05) is 24.3 Å². The molecule has 0 radical (unpaired) electrons. The van der Waals surface area contributed by atoms with Gasteiger partial charge in [-0.05, 0) is 17.7 Å². The predicted octanol–water partition coefficient (Wildman–Crippen LogP) is 1.04. The third kappa shape index (κ3) is 2.68. The second kappa shape index (κ2) is 5.16. The van der Waals surface area contributed by atoms with E-state index < -0.39 is 5.41 Å². The molecule has 1 amide bonds. The highest BCUT2D eigenvalue weighted by molar-refractivity contribution is 9.10. The van der Waals surface area contributed by atoms with Crippen LogP contribution in [-0.4, -0.2) is 25.7 Å². The Morgan fingerprint density at radius 1 is 1.41 bits per heavy atom. The quantitative estimate of drug-likeness (QED) is 0.873. The SMILES string of the molecule is NCC1(C(=O)NCc2ccc(Br)cc2)COC1. The number of benzene rings is 1. The molecular formula is C12H15BrN2O2. The van der Waals surface area contributed by atoms with E-state index in [0.29, 0.717) is 26.3 Å². The van der Waals surface area contributed by atoms with E-state index in [2.05, 4.69) is 21.2 Å². The number of ether oxygens (including phenoxy) is 1. The number of nitrogens with one attached hydrogen (secondary N) is 1. The van der Waals surface area contributed by atoms with Gasteiger partial charge < -0.3 is 15.8 Å². The van der Waals surface area contributed by atoms with Crippen molar-refractivity contribution >= 4 is 21.8 Å². The molecule has 0 atom stereocenters. The first-order valence-electron chi connectivity index (χ1n) is 5.47. The molecule has 0 aliphatic carbocycles. The molecule has 1 heterocycles. The lowest BCUT2D eigenvalue weighted by molar-refractivity contribution is -0.159. The van der Waals surface area contributed by atoms with Gasteiger partial charge in [-0.3, -0.25) is 4.79 Å². The molecule has 0 bridgehead atoms. The lowest BCUT2D eigenvalue weighted by Gasteiger charge is -2.38. The summed E-state index contributed by atoms with van der Waals surface area (Å²) in [6.07, 6.45) is 0. The molecule has 5 heteroatoms. The first kappa shape index (κ1) is 12.5. The van der Waals surface area contributed by atoms with E-state index in [4.69, 9.17) is 10.5 Å². The van der Waals surface area contributed by atoms with Crippen LogP contribution in [0.25, 0.3) is 0 Å². The molecule has 1 fully saturated rings. The van der Waals surface area contributed by atoms with Crippen LogP contribution in [0.5, 0.6) is 0 Å². The molecule has 0 spiro atoms. The van der Waals surface area contributed by atoms with Crippen LogP contribution < -0.4 is 11.1 Å². The monoisotopic (exact) mass is 298 g/mol. The number of rotatable bonds is 4. The van der Waals surface area contributed by atoms with Crippen LogP contribution in [0.3, 0.4) is 0 Å². The standard InChI is InChI=1S/C12H15BrN2O2/c13-10-3-1-9(2-4-10)5-15-11(16)12(6-14)7-17-8-12/h1-4H,5-8,14H2,(H,15,16). The molecular weight excluding hydrogens is 284 g/mol. The minimum atomic E-state index is -0.505. The van der Waals surface area contributed by atoms with Crippen molar-refractivity contribution in [1.82, 2.24) is 5.32 Å². The number of halogens is 1. The van der Waals surface area contributed by atoms with Crippen molar-refractivity contribution in [2.45, 2.75) is 6.54 Å². The van der Waals surface area contributed by atoms with Crippen molar-refractivity contribution < 1.29 is 9.53 Å². The Balaban J connectivity index is 1.90. The summed E-state index contributed by atoms with van der Waals surface area (Å²) in [5.74, 6) is -0.0193. The Bertz CT molecular complexity index is 396. The van der Waals surface area contributed by atoms with Crippen molar-refractivity contribution in [2.75, 3.05) is 19.8 Å².